The van der Waals surface area contributed by atoms with Crippen molar-refractivity contribution in [3.05, 3.63) is 52.0 Å². The normalized spacial score (nSPS) is 15.9. The molecule has 4 heterocycles. The highest BCUT2D eigenvalue weighted by Gasteiger charge is 2.30. The Kier molecular flexibility index (Phi) is 6.25. The van der Waals surface area contributed by atoms with Crippen LogP contribution >= 0.6 is 22.9 Å². The van der Waals surface area contributed by atoms with Gasteiger partial charge in [-0.3, -0.25) is 9.59 Å². The fourth-order valence-corrected chi connectivity index (χ4v) is 4.99. The van der Waals surface area contributed by atoms with Gasteiger partial charge in [-0.1, -0.05) is 25.4 Å². The summed E-state index contributed by atoms with van der Waals surface area (Å²) in [5, 5.41) is 1.20. The van der Waals surface area contributed by atoms with E-state index in [2.05, 4.69) is 23.8 Å². The van der Waals surface area contributed by atoms with Crippen molar-refractivity contribution >= 4 is 34.5 Å². The Morgan fingerprint density at radius 2 is 2.23 bits per heavy atom. The van der Waals surface area contributed by atoms with Gasteiger partial charge in [0, 0.05) is 24.4 Å². The van der Waals surface area contributed by atoms with Crippen LogP contribution in [0.3, 0.4) is 0 Å². The summed E-state index contributed by atoms with van der Waals surface area (Å²) in [4.78, 5) is 34.9. The smallest absolute Gasteiger partial charge is 0.232 e. The van der Waals surface area contributed by atoms with Gasteiger partial charge in [-0.2, -0.15) is 0 Å². The Balaban J connectivity index is 1.51. The van der Waals surface area contributed by atoms with Crippen molar-refractivity contribution in [2.45, 2.75) is 46.1 Å². The molecule has 0 radical (unpaired) electrons. The van der Waals surface area contributed by atoms with Gasteiger partial charge in [0.1, 0.15) is 10.0 Å². The quantitative estimate of drug-likeness (QED) is 0.479. The van der Waals surface area contributed by atoms with Crippen LogP contribution in [0.1, 0.15) is 53.9 Å². The number of Topliss-reactive ketones (excluding diaryl/α,β-unsaturated/α-hetero) is 2. The predicted molar refractivity (Wildman–Crippen MR) is 121 cm³/mol. The summed E-state index contributed by atoms with van der Waals surface area (Å²) in [6.45, 7) is 6.59. The minimum atomic E-state index is -0.316. The summed E-state index contributed by atoms with van der Waals surface area (Å²) >= 11 is 7.84. The highest BCUT2D eigenvalue weighted by atomic mass is 35.5. The molecule has 3 aromatic rings. The third-order valence-corrected chi connectivity index (χ3v) is 6.68. The number of carbonyl (C=O) groups is 2. The predicted octanol–water partition coefficient (Wildman–Crippen LogP) is 5.33. The fraction of sp³-hybridized carbons (Fsp3) is 0.391. The first-order valence-corrected chi connectivity index (χ1v) is 11.5. The van der Waals surface area contributed by atoms with E-state index in [0.717, 1.165) is 21.1 Å². The van der Waals surface area contributed by atoms with Crippen LogP contribution in [-0.4, -0.2) is 32.7 Å². The monoisotopic (exact) mass is 457 g/mol. The molecule has 0 aromatic carbocycles. The summed E-state index contributed by atoms with van der Waals surface area (Å²) < 4.78 is 7.45. The molecule has 6 nitrogen and oxygen atoms in total. The fourth-order valence-electron chi connectivity index (χ4n) is 3.72. The number of fused-ring (bicyclic) bond motifs is 1. The molecule has 162 valence electrons. The molecule has 0 saturated heterocycles. The molecule has 31 heavy (non-hydrogen) atoms. The Labute approximate surface area is 190 Å². The van der Waals surface area contributed by atoms with Gasteiger partial charge in [0.25, 0.3) is 0 Å². The first kappa shape index (κ1) is 21.7. The molecule has 0 aliphatic carbocycles. The first-order chi connectivity index (χ1) is 14.8. The van der Waals surface area contributed by atoms with E-state index in [1.165, 1.54) is 11.3 Å². The molecule has 0 spiro atoms. The second-order valence-electron chi connectivity index (χ2n) is 8.16. The first-order valence-electron chi connectivity index (χ1n) is 10.3. The van der Waals surface area contributed by atoms with E-state index < -0.39 is 0 Å². The Bertz CT molecular complexity index is 1140. The van der Waals surface area contributed by atoms with E-state index in [1.807, 2.05) is 25.3 Å². The zero-order chi connectivity index (χ0) is 22.1. The molecule has 0 bridgehead atoms. The number of aryl methyl sites for hydroxylation is 1. The van der Waals surface area contributed by atoms with Crippen LogP contribution in [0.2, 0.25) is 5.02 Å². The Morgan fingerprint density at radius 3 is 2.97 bits per heavy atom. The molecule has 0 fully saturated rings. The van der Waals surface area contributed by atoms with Gasteiger partial charge < -0.3 is 9.30 Å². The van der Waals surface area contributed by atoms with Crippen LogP contribution in [0.4, 0.5) is 0 Å². The molecule has 0 saturated carbocycles. The summed E-state index contributed by atoms with van der Waals surface area (Å²) in [5.74, 6) is 0.961. The van der Waals surface area contributed by atoms with Crippen molar-refractivity contribution < 1.29 is 14.3 Å². The third-order valence-electron chi connectivity index (χ3n) is 5.21. The Hall–Kier alpha value is -2.51. The standard InChI is InChI=1S/C23H24ClN3O3S/c1-13(2)12-30-23-16(24)9-15(11-25-23)22-14(3)26-21(31-22)10-20(29)18-6-7-19(28)17-5-4-8-27(17)18/h4-5,8-9,11,13,18H,6-7,10,12H2,1-3H3. The number of aromatic nitrogens is 3. The number of hydrogen-bond acceptors (Lipinski definition) is 6. The summed E-state index contributed by atoms with van der Waals surface area (Å²) in [6, 6.07) is 5.10. The third kappa shape index (κ3) is 4.57. The lowest BCUT2D eigenvalue weighted by Crippen LogP contribution is -2.28. The van der Waals surface area contributed by atoms with Crippen LogP contribution in [0.25, 0.3) is 10.4 Å². The van der Waals surface area contributed by atoms with Gasteiger partial charge in [-0.15, -0.1) is 11.3 Å². The maximum Gasteiger partial charge on any atom is 0.232 e. The van der Waals surface area contributed by atoms with Crippen LogP contribution in [-0.2, 0) is 11.2 Å². The van der Waals surface area contributed by atoms with Crippen molar-refractivity contribution in [3.63, 3.8) is 0 Å². The molecular formula is C23H24ClN3O3S. The molecule has 0 amide bonds. The van der Waals surface area contributed by atoms with Crippen molar-refractivity contribution in [1.82, 2.24) is 14.5 Å². The number of halogens is 1. The number of ketones is 2. The maximum absolute atomic E-state index is 13.0. The largest absolute Gasteiger partial charge is 0.476 e. The summed E-state index contributed by atoms with van der Waals surface area (Å²) in [7, 11) is 0. The van der Waals surface area contributed by atoms with Crippen LogP contribution in [0.5, 0.6) is 5.88 Å². The average molecular weight is 458 g/mol. The van der Waals surface area contributed by atoms with Crippen molar-refractivity contribution in [2.24, 2.45) is 5.92 Å². The molecule has 1 aliphatic rings. The van der Waals surface area contributed by atoms with E-state index in [1.54, 1.807) is 16.8 Å². The lowest BCUT2D eigenvalue weighted by molar-refractivity contribution is -0.121. The number of thiazole rings is 1. The van der Waals surface area contributed by atoms with E-state index in [0.29, 0.717) is 42.0 Å². The van der Waals surface area contributed by atoms with E-state index >= 15 is 0 Å². The topological polar surface area (TPSA) is 74.1 Å². The van der Waals surface area contributed by atoms with Crippen molar-refractivity contribution in [2.75, 3.05) is 6.61 Å². The number of carbonyl (C=O) groups excluding carboxylic acids is 2. The minimum absolute atomic E-state index is 0.0684. The molecule has 1 aliphatic heterocycles. The van der Waals surface area contributed by atoms with E-state index in [-0.39, 0.29) is 24.0 Å². The number of ether oxygens (including phenoxy) is 1. The highest BCUT2D eigenvalue weighted by Crippen LogP contribution is 2.35. The molecule has 4 rings (SSSR count). The van der Waals surface area contributed by atoms with Crippen LogP contribution < -0.4 is 4.74 Å². The second kappa shape index (κ2) is 8.93. The van der Waals surface area contributed by atoms with Gasteiger partial charge in [-0.25, -0.2) is 9.97 Å². The lowest BCUT2D eigenvalue weighted by Gasteiger charge is -2.24. The number of rotatable bonds is 7. The van der Waals surface area contributed by atoms with Crippen molar-refractivity contribution in [1.29, 1.82) is 0 Å². The van der Waals surface area contributed by atoms with Crippen LogP contribution in [0.15, 0.2) is 30.6 Å². The van der Waals surface area contributed by atoms with Gasteiger partial charge in [0.15, 0.2) is 11.6 Å². The summed E-state index contributed by atoms with van der Waals surface area (Å²) in [5.41, 5.74) is 2.30. The second-order valence-corrected chi connectivity index (χ2v) is 9.65. The van der Waals surface area contributed by atoms with Crippen LogP contribution in [0, 0.1) is 12.8 Å². The summed E-state index contributed by atoms with van der Waals surface area (Å²) in [6.07, 6.45) is 4.71. The van der Waals surface area contributed by atoms with E-state index in [9.17, 15) is 9.59 Å². The zero-order valence-electron chi connectivity index (χ0n) is 17.7. The van der Waals surface area contributed by atoms with Gasteiger partial charge in [-0.05, 0) is 37.5 Å². The Morgan fingerprint density at radius 1 is 1.42 bits per heavy atom. The molecule has 8 heteroatoms. The van der Waals surface area contributed by atoms with E-state index in [4.69, 9.17) is 16.3 Å². The number of pyridine rings is 1. The minimum Gasteiger partial charge on any atom is -0.476 e. The van der Waals surface area contributed by atoms with Gasteiger partial charge in [0.2, 0.25) is 5.88 Å². The molecular weight excluding hydrogens is 434 g/mol. The maximum atomic E-state index is 13.0. The molecule has 0 N–H and O–H groups in total. The lowest BCUT2D eigenvalue weighted by atomic mass is 9.97. The van der Waals surface area contributed by atoms with Crippen molar-refractivity contribution in [3.8, 4) is 16.3 Å². The zero-order valence-corrected chi connectivity index (χ0v) is 19.3. The van der Waals surface area contributed by atoms with Gasteiger partial charge >= 0.3 is 0 Å². The SMILES string of the molecule is Cc1nc(CC(=O)C2CCC(=O)c3cccn32)sc1-c1cnc(OCC(C)C)c(Cl)c1. The number of nitrogens with zero attached hydrogens (tertiary/aromatic N) is 3. The average Bonchev–Trinajstić information content (AvgIpc) is 3.34. The molecule has 1 unspecified atom stereocenters. The van der Waals surface area contributed by atoms with Gasteiger partial charge in [0.05, 0.1) is 35.3 Å². The molecule has 1 atom stereocenters. The molecule has 3 aromatic heterocycles. The number of hydrogen-bond donors (Lipinski definition) is 0. The highest BCUT2D eigenvalue weighted by molar-refractivity contribution is 7.15.